The van der Waals surface area contributed by atoms with Crippen LogP contribution in [-0.4, -0.2) is 39.0 Å². The number of aryl methyl sites for hydroxylation is 1. The van der Waals surface area contributed by atoms with Crippen molar-refractivity contribution in [2.24, 2.45) is 13.0 Å². The first-order valence-corrected chi connectivity index (χ1v) is 5.40. The summed E-state index contributed by atoms with van der Waals surface area (Å²) in [4.78, 5) is 0. The van der Waals surface area contributed by atoms with Crippen LogP contribution in [0, 0.1) is 5.92 Å². The summed E-state index contributed by atoms with van der Waals surface area (Å²) in [5, 5.41) is 15.5. The third-order valence-corrected chi connectivity index (χ3v) is 3.43. The second-order valence-electron chi connectivity index (χ2n) is 3.25. The van der Waals surface area contributed by atoms with Crippen molar-refractivity contribution in [3.05, 3.63) is 0 Å². The van der Waals surface area contributed by atoms with E-state index in [-0.39, 0.29) is 0 Å². The molecule has 0 radical (unpaired) electrons. The van der Waals surface area contributed by atoms with Crippen LogP contribution in [-0.2, 0) is 7.05 Å². The van der Waals surface area contributed by atoms with Crippen LogP contribution in [0.25, 0.3) is 0 Å². The van der Waals surface area contributed by atoms with Crippen LogP contribution in [0.4, 0.5) is 0 Å². The molecule has 1 aromatic heterocycles. The lowest BCUT2D eigenvalue weighted by atomic mass is 10.2. The standard InChI is InChI=1S/C7H13N5S/c1-12-7(9-10-11-12)13-5-6-2-3-8-4-6/h6,8H,2-5H2,1H3. The Hall–Kier alpha value is -0.620. The number of tetrazole rings is 1. The van der Waals surface area contributed by atoms with Gasteiger partial charge in [0.05, 0.1) is 0 Å². The fraction of sp³-hybridized carbons (Fsp3) is 0.857. The summed E-state index contributed by atoms with van der Waals surface area (Å²) >= 11 is 1.74. The molecule has 1 aliphatic rings. The first kappa shape index (κ1) is 8.96. The quantitative estimate of drug-likeness (QED) is 0.690. The number of rotatable bonds is 3. The van der Waals surface area contributed by atoms with E-state index in [0.717, 1.165) is 29.9 Å². The van der Waals surface area contributed by atoms with Crippen molar-refractivity contribution < 1.29 is 0 Å². The highest BCUT2D eigenvalue weighted by molar-refractivity contribution is 7.99. The van der Waals surface area contributed by atoms with Gasteiger partial charge in [-0.1, -0.05) is 11.8 Å². The number of nitrogens with zero attached hydrogens (tertiary/aromatic N) is 4. The largest absolute Gasteiger partial charge is 0.316 e. The van der Waals surface area contributed by atoms with Gasteiger partial charge < -0.3 is 5.32 Å². The minimum absolute atomic E-state index is 0.779. The zero-order valence-corrected chi connectivity index (χ0v) is 8.42. The Bertz CT molecular complexity index is 268. The third kappa shape index (κ3) is 2.19. The van der Waals surface area contributed by atoms with E-state index in [1.807, 2.05) is 7.05 Å². The second kappa shape index (κ2) is 4.06. The summed E-state index contributed by atoms with van der Waals surface area (Å²) in [6.45, 7) is 2.29. The monoisotopic (exact) mass is 199 g/mol. The van der Waals surface area contributed by atoms with Gasteiger partial charge in [-0.15, -0.1) is 5.10 Å². The van der Waals surface area contributed by atoms with Gasteiger partial charge in [0, 0.05) is 12.8 Å². The van der Waals surface area contributed by atoms with Crippen molar-refractivity contribution in [1.82, 2.24) is 25.5 Å². The number of thioether (sulfide) groups is 1. The number of hydrogen-bond donors (Lipinski definition) is 1. The fourth-order valence-corrected chi connectivity index (χ4v) is 2.38. The van der Waals surface area contributed by atoms with E-state index in [1.165, 1.54) is 6.42 Å². The first-order valence-electron chi connectivity index (χ1n) is 4.42. The minimum atomic E-state index is 0.779. The maximum atomic E-state index is 3.92. The van der Waals surface area contributed by atoms with Gasteiger partial charge in [0.25, 0.3) is 0 Å². The molecule has 0 saturated carbocycles. The molecule has 6 heteroatoms. The van der Waals surface area contributed by atoms with Crippen LogP contribution in [0.1, 0.15) is 6.42 Å². The third-order valence-electron chi connectivity index (χ3n) is 2.19. The van der Waals surface area contributed by atoms with E-state index >= 15 is 0 Å². The minimum Gasteiger partial charge on any atom is -0.316 e. The second-order valence-corrected chi connectivity index (χ2v) is 4.24. The number of aromatic nitrogens is 4. The zero-order valence-electron chi connectivity index (χ0n) is 7.60. The Morgan fingerprint density at radius 1 is 1.69 bits per heavy atom. The van der Waals surface area contributed by atoms with Crippen molar-refractivity contribution in [2.75, 3.05) is 18.8 Å². The molecule has 1 N–H and O–H groups in total. The molecular formula is C7H13N5S. The smallest absolute Gasteiger partial charge is 0.209 e. The van der Waals surface area contributed by atoms with Crippen LogP contribution in [0.2, 0.25) is 0 Å². The molecule has 1 fully saturated rings. The Morgan fingerprint density at radius 3 is 3.23 bits per heavy atom. The molecule has 1 aliphatic heterocycles. The summed E-state index contributed by atoms with van der Waals surface area (Å²) in [6.07, 6.45) is 1.28. The van der Waals surface area contributed by atoms with Crippen molar-refractivity contribution in [3.63, 3.8) is 0 Å². The van der Waals surface area contributed by atoms with Crippen molar-refractivity contribution in [2.45, 2.75) is 11.6 Å². The van der Waals surface area contributed by atoms with Crippen molar-refractivity contribution >= 4 is 11.8 Å². The highest BCUT2D eigenvalue weighted by Gasteiger charge is 2.15. The number of hydrogen-bond acceptors (Lipinski definition) is 5. The molecule has 0 amide bonds. The van der Waals surface area contributed by atoms with Crippen LogP contribution in [0.15, 0.2) is 5.16 Å². The lowest BCUT2D eigenvalue weighted by molar-refractivity contribution is 0.648. The van der Waals surface area contributed by atoms with Crippen LogP contribution in [0.3, 0.4) is 0 Å². The van der Waals surface area contributed by atoms with E-state index in [1.54, 1.807) is 16.4 Å². The molecule has 1 saturated heterocycles. The molecular weight excluding hydrogens is 186 g/mol. The Balaban J connectivity index is 1.82. The topological polar surface area (TPSA) is 55.6 Å². The molecule has 1 unspecified atom stereocenters. The molecule has 1 atom stereocenters. The van der Waals surface area contributed by atoms with Gasteiger partial charge in [0.15, 0.2) is 0 Å². The predicted molar refractivity (Wildman–Crippen MR) is 50.5 cm³/mol. The first-order chi connectivity index (χ1) is 6.36. The van der Waals surface area contributed by atoms with Gasteiger partial charge in [-0.3, -0.25) is 0 Å². The summed E-state index contributed by atoms with van der Waals surface area (Å²) < 4.78 is 1.72. The molecule has 0 spiro atoms. The molecule has 2 heterocycles. The van der Waals surface area contributed by atoms with E-state index in [9.17, 15) is 0 Å². The molecule has 1 aromatic rings. The van der Waals surface area contributed by atoms with Crippen molar-refractivity contribution in [3.8, 4) is 0 Å². The van der Waals surface area contributed by atoms with E-state index < -0.39 is 0 Å². The zero-order chi connectivity index (χ0) is 9.10. The predicted octanol–water partition coefficient (Wildman–Crippen LogP) is -0.0883. The van der Waals surface area contributed by atoms with Gasteiger partial charge in [0.1, 0.15) is 0 Å². The molecule has 13 heavy (non-hydrogen) atoms. The van der Waals surface area contributed by atoms with E-state index in [2.05, 4.69) is 20.8 Å². The van der Waals surface area contributed by atoms with Crippen LogP contribution < -0.4 is 5.32 Å². The molecule has 5 nitrogen and oxygen atoms in total. The van der Waals surface area contributed by atoms with Crippen molar-refractivity contribution in [1.29, 1.82) is 0 Å². The average Bonchev–Trinajstić information content (AvgIpc) is 2.72. The van der Waals surface area contributed by atoms with Gasteiger partial charge >= 0.3 is 0 Å². The van der Waals surface area contributed by atoms with Gasteiger partial charge in [-0.2, -0.15) is 0 Å². The molecule has 0 bridgehead atoms. The molecule has 0 aliphatic carbocycles. The average molecular weight is 199 g/mol. The normalized spacial score (nSPS) is 22.4. The van der Waals surface area contributed by atoms with Gasteiger partial charge in [-0.25, -0.2) is 4.68 Å². The summed E-state index contributed by atoms with van der Waals surface area (Å²) in [7, 11) is 1.87. The van der Waals surface area contributed by atoms with Crippen LogP contribution in [0.5, 0.6) is 0 Å². The summed E-state index contributed by atoms with van der Waals surface area (Å²) in [5.74, 6) is 1.89. The highest BCUT2D eigenvalue weighted by Crippen LogP contribution is 2.19. The molecule has 0 aromatic carbocycles. The lowest BCUT2D eigenvalue weighted by Crippen LogP contribution is -2.10. The van der Waals surface area contributed by atoms with Crippen LogP contribution >= 0.6 is 11.8 Å². The molecule has 2 rings (SSSR count). The van der Waals surface area contributed by atoms with Gasteiger partial charge in [-0.05, 0) is 35.9 Å². The summed E-state index contributed by atoms with van der Waals surface area (Å²) in [6, 6.07) is 0. The van der Waals surface area contributed by atoms with E-state index in [4.69, 9.17) is 0 Å². The Kier molecular flexibility index (Phi) is 2.80. The molecule has 72 valence electrons. The van der Waals surface area contributed by atoms with E-state index in [0.29, 0.717) is 0 Å². The fourth-order valence-electron chi connectivity index (χ4n) is 1.39. The lowest BCUT2D eigenvalue weighted by Gasteiger charge is -2.05. The van der Waals surface area contributed by atoms with Gasteiger partial charge in [0.2, 0.25) is 5.16 Å². The highest BCUT2D eigenvalue weighted by atomic mass is 32.2. The summed E-state index contributed by atoms with van der Waals surface area (Å²) in [5.41, 5.74) is 0. The maximum absolute atomic E-state index is 3.92. The Morgan fingerprint density at radius 2 is 2.62 bits per heavy atom. The maximum Gasteiger partial charge on any atom is 0.209 e. The number of nitrogens with one attached hydrogen (secondary N) is 1. The SMILES string of the molecule is Cn1nnnc1SCC1CCNC1. The Labute approximate surface area is 81.3 Å².